The Morgan fingerprint density at radius 2 is 2.10 bits per heavy atom. The van der Waals surface area contributed by atoms with Gasteiger partial charge in [0, 0.05) is 17.6 Å². The molecule has 1 aromatic rings. The second-order valence-electron chi connectivity index (χ2n) is 5.88. The fraction of sp³-hybridized carbons (Fsp3) is 0.500. The maximum atomic E-state index is 12.7. The molecule has 1 N–H and O–H groups in total. The van der Waals surface area contributed by atoms with Gasteiger partial charge in [-0.2, -0.15) is 0 Å². The van der Waals surface area contributed by atoms with Crippen molar-refractivity contribution in [3.8, 4) is 5.75 Å². The number of hydrogen-bond donors (Lipinski definition) is 1. The zero-order valence-corrected chi connectivity index (χ0v) is 12.2. The Bertz CT molecular complexity index is 598. The van der Waals surface area contributed by atoms with E-state index >= 15 is 0 Å². The molecule has 5 heteroatoms. The third-order valence-corrected chi connectivity index (χ3v) is 4.74. The van der Waals surface area contributed by atoms with Gasteiger partial charge in [-0.05, 0) is 43.9 Å². The highest BCUT2D eigenvalue weighted by Crippen LogP contribution is 2.42. The van der Waals surface area contributed by atoms with Crippen LogP contribution in [0.2, 0.25) is 0 Å². The number of carboxylic acids is 1. The molecule has 2 bridgehead atoms. The van der Waals surface area contributed by atoms with Crippen LogP contribution in [0.3, 0.4) is 0 Å². The minimum Gasteiger partial charge on any atom is -0.496 e. The molecule has 5 nitrogen and oxygen atoms in total. The SMILES string of the molecule is COc1cc(C(=O)N2C3CCC2C(C(=O)O)C3)ccc1C. The van der Waals surface area contributed by atoms with Crippen molar-refractivity contribution in [2.45, 2.75) is 38.3 Å². The molecule has 2 fully saturated rings. The van der Waals surface area contributed by atoms with Gasteiger partial charge in [-0.15, -0.1) is 0 Å². The molecule has 112 valence electrons. The predicted octanol–water partition coefficient (Wildman–Crippen LogP) is 2.08. The number of carboxylic acid groups (broad SMARTS) is 1. The van der Waals surface area contributed by atoms with Crippen molar-refractivity contribution in [2.75, 3.05) is 7.11 Å². The monoisotopic (exact) mass is 289 g/mol. The van der Waals surface area contributed by atoms with Gasteiger partial charge in [0.1, 0.15) is 5.75 Å². The normalized spacial score (nSPS) is 27.0. The Morgan fingerprint density at radius 1 is 1.33 bits per heavy atom. The number of hydrogen-bond acceptors (Lipinski definition) is 3. The maximum absolute atomic E-state index is 12.7. The summed E-state index contributed by atoms with van der Waals surface area (Å²) in [5.74, 6) is -0.603. The average molecular weight is 289 g/mol. The summed E-state index contributed by atoms with van der Waals surface area (Å²) in [6.07, 6.45) is 2.27. The summed E-state index contributed by atoms with van der Waals surface area (Å²) >= 11 is 0. The van der Waals surface area contributed by atoms with Crippen LogP contribution in [0.25, 0.3) is 0 Å². The number of ether oxygens (including phenoxy) is 1. The van der Waals surface area contributed by atoms with Gasteiger partial charge >= 0.3 is 5.97 Å². The zero-order valence-electron chi connectivity index (χ0n) is 12.2. The Kier molecular flexibility index (Phi) is 3.35. The van der Waals surface area contributed by atoms with Crippen molar-refractivity contribution in [3.05, 3.63) is 29.3 Å². The minimum atomic E-state index is -0.790. The van der Waals surface area contributed by atoms with E-state index in [0.29, 0.717) is 17.7 Å². The number of aryl methyl sites for hydroxylation is 1. The number of methoxy groups -OCH3 is 1. The number of rotatable bonds is 3. The van der Waals surface area contributed by atoms with E-state index in [0.717, 1.165) is 18.4 Å². The summed E-state index contributed by atoms with van der Waals surface area (Å²) in [5.41, 5.74) is 1.54. The molecule has 21 heavy (non-hydrogen) atoms. The van der Waals surface area contributed by atoms with Crippen molar-refractivity contribution in [1.82, 2.24) is 4.90 Å². The fourth-order valence-electron chi connectivity index (χ4n) is 3.67. The number of benzene rings is 1. The lowest BCUT2D eigenvalue weighted by Crippen LogP contribution is -2.37. The van der Waals surface area contributed by atoms with Crippen molar-refractivity contribution in [1.29, 1.82) is 0 Å². The average Bonchev–Trinajstić information content (AvgIpc) is 3.04. The molecule has 0 aromatic heterocycles. The van der Waals surface area contributed by atoms with Gasteiger partial charge in [-0.25, -0.2) is 0 Å². The van der Waals surface area contributed by atoms with Crippen LogP contribution in [-0.2, 0) is 4.79 Å². The standard InChI is InChI=1S/C16H19NO4/c1-9-3-4-10(7-14(9)21-2)15(18)17-11-5-6-13(17)12(8-11)16(19)20/h3-4,7,11-13H,5-6,8H2,1-2H3,(H,19,20). The first-order valence-electron chi connectivity index (χ1n) is 7.23. The molecule has 0 spiro atoms. The third kappa shape index (κ3) is 2.17. The zero-order chi connectivity index (χ0) is 15.1. The number of nitrogens with zero attached hydrogens (tertiary/aromatic N) is 1. The summed E-state index contributed by atoms with van der Waals surface area (Å²) in [6, 6.07) is 5.29. The van der Waals surface area contributed by atoms with Gasteiger partial charge in [0.05, 0.1) is 13.0 Å². The van der Waals surface area contributed by atoms with Gasteiger partial charge < -0.3 is 14.7 Å². The van der Waals surface area contributed by atoms with E-state index in [4.69, 9.17) is 4.74 Å². The van der Waals surface area contributed by atoms with Gasteiger partial charge in [0.2, 0.25) is 0 Å². The molecule has 2 saturated heterocycles. The molecule has 1 aromatic carbocycles. The van der Waals surface area contributed by atoms with Crippen LogP contribution < -0.4 is 4.74 Å². The van der Waals surface area contributed by atoms with E-state index in [1.165, 1.54) is 0 Å². The van der Waals surface area contributed by atoms with Crippen LogP contribution in [0, 0.1) is 12.8 Å². The highest BCUT2D eigenvalue weighted by atomic mass is 16.5. The Hall–Kier alpha value is -2.04. The second kappa shape index (κ2) is 5.06. The maximum Gasteiger partial charge on any atom is 0.308 e. The van der Waals surface area contributed by atoms with Gasteiger partial charge in [0.15, 0.2) is 0 Å². The Balaban J connectivity index is 1.88. The number of carbonyl (C=O) groups is 2. The summed E-state index contributed by atoms with van der Waals surface area (Å²) in [6.45, 7) is 1.92. The highest BCUT2D eigenvalue weighted by molar-refractivity contribution is 5.96. The van der Waals surface area contributed by atoms with Crippen LogP contribution in [0.5, 0.6) is 5.75 Å². The summed E-state index contributed by atoms with van der Waals surface area (Å²) in [4.78, 5) is 25.8. The van der Waals surface area contributed by atoms with Crippen LogP contribution >= 0.6 is 0 Å². The number of aliphatic carboxylic acids is 1. The highest BCUT2D eigenvalue weighted by Gasteiger charge is 2.51. The van der Waals surface area contributed by atoms with Crippen LogP contribution in [0.15, 0.2) is 18.2 Å². The minimum absolute atomic E-state index is 0.0656. The van der Waals surface area contributed by atoms with Crippen molar-refractivity contribution >= 4 is 11.9 Å². The van der Waals surface area contributed by atoms with Crippen LogP contribution in [-0.4, -0.2) is 41.1 Å². The molecule has 3 atom stereocenters. The van der Waals surface area contributed by atoms with Crippen molar-refractivity contribution in [2.24, 2.45) is 5.92 Å². The lowest BCUT2D eigenvalue weighted by molar-refractivity contribution is -0.142. The molecule has 2 aliphatic rings. The van der Waals surface area contributed by atoms with E-state index in [1.807, 2.05) is 13.0 Å². The van der Waals surface area contributed by atoms with E-state index in [-0.39, 0.29) is 18.0 Å². The first-order valence-corrected chi connectivity index (χ1v) is 7.23. The molecule has 0 aliphatic carbocycles. The van der Waals surface area contributed by atoms with E-state index in [2.05, 4.69) is 0 Å². The largest absolute Gasteiger partial charge is 0.496 e. The molecular weight excluding hydrogens is 270 g/mol. The number of fused-ring (bicyclic) bond motifs is 2. The molecule has 0 radical (unpaired) electrons. The molecule has 2 heterocycles. The Morgan fingerprint density at radius 3 is 2.71 bits per heavy atom. The van der Waals surface area contributed by atoms with Gasteiger partial charge in [-0.1, -0.05) is 6.07 Å². The van der Waals surface area contributed by atoms with E-state index in [1.54, 1.807) is 24.1 Å². The molecule has 1 amide bonds. The lowest BCUT2D eigenvalue weighted by atomic mass is 9.89. The Labute approximate surface area is 123 Å². The van der Waals surface area contributed by atoms with Crippen LogP contribution in [0.1, 0.15) is 35.2 Å². The lowest BCUT2D eigenvalue weighted by Gasteiger charge is -2.23. The fourth-order valence-corrected chi connectivity index (χ4v) is 3.67. The number of carbonyl (C=O) groups excluding carboxylic acids is 1. The molecule has 0 saturated carbocycles. The second-order valence-corrected chi connectivity index (χ2v) is 5.88. The summed E-state index contributed by atoms with van der Waals surface area (Å²) in [5, 5.41) is 9.27. The third-order valence-electron chi connectivity index (χ3n) is 4.74. The van der Waals surface area contributed by atoms with Gasteiger partial charge in [0.25, 0.3) is 5.91 Å². The van der Waals surface area contributed by atoms with E-state index < -0.39 is 11.9 Å². The van der Waals surface area contributed by atoms with Gasteiger partial charge in [-0.3, -0.25) is 9.59 Å². The van der Waals surface area contributed by atoms with Crippen molar-refractivity contribution < 1.29 is 19.4 Å². The summed E-state index contributed by atoms with van der Waals surface area (Å²) in [7, 11) is 1.58. The number of amides is 1. The van der Waals surface area contributed by atoms with Crippen molar-refractivity contribution in [3.63, 3.8) is 0 Å². The molecular formula is C16H19NO4. The molecule has 3 rings (SSSR count). The first kappa shape index (κ1) is 13.9. The topological polar surface area (TPSA) is 66.8 Å². The first-order chi connectivity index (χ1) is 10.0. The summed E-state index contributed by atoms with van der Waals surface area (Å²) < 4.78 is 5.26. The predicted molar refractivity (Wildman–Crippen MR) is 76.5 cm³/mol. The molecule has 3 unspecified atom stereocenters. The quantitative estimate of drug-likeness (QED) is 0.925. The smallest absolute Gasteiger partial charge is 0.308 e. The van der Waals surface area contributed by atoms with Crippen LogP contribution in [0.4, 0.5) is 0 Å². The molecule has 2 aliphatic heterocycles. The van der Waals surface area contributed by atoms with E-state index in [9.17, 15) is 14.7 Å².